The van der Waals surface area contributed by atoms with Crippen molar-refractivity contribution in [3.63, 3.8) is 0 Å². The van der Waals surface area contributed by atoms with Crippen LogP contribution in [0, 0.1) is 0 Å². The van der Waals surface area contributed by atoms with Crippen LogP contribution in [0.3, 0.4) is 0 Å². The zero-order valence-corrected chi connectivity index (χ0v) is 9.72. The summed E-state index contributed by atoms with van der Waals surface area (Å²) in [6.07, 6.45) is 7.04. The van der Waals surface area contributed by atoms with E-state index < -0.39 is 0 Å². The molecule has 0 fully saturated rings. The van der Waals surface area contributed by atoms with Gasteiger partial charge < -0.3 is 10.3 Å². The number of hydrogen-bond acceptors (Lipinski definition) is 3. The summed E-state index contributed by atoms with van der Waals surface area (Å²) >= 11 is 0. The molecule has 2 N–H and O–H groups in total. The van der Waals surface area contributed by atoms with E-state index >= 15 is 0 Å². The number of H-pyrrole nitrogens is 1. The first-order chi connectivity index (χ1) is 8.77. The maximum absolute atomic E-state index is 11.7. The lowest BCUT2D eigenvalue weighted by atomic mass is 10.2. The van der Waals surface area contributed by atoms with Gasteiger partial charge in [0.1, 0.15) is 5.56 Å². The van der Waals surface area contributed by atoms with Gasteiger partial charge in [0, 0.05) is 37.4 Å². The number of amides is 1. The highest BCUT2D eigenvalue weighted by molar-refractivity contribution is 5.93. The van der Waals surface area contributed by atoms with Gasteiger partial charge in [-0.3, -0.25) is 14.6 Å². The van der Waals surface area contributed by atoms with Gasteiger partial charge in [-0.05, 0) is 18.1 Å². The Morgan fingerprint density at radius 3 is 3.00 bits per heavy atom. The van der Waals surface area contributed by atoms with Crippen molar-refractivity contribution in [2.45, 2.75) is 6.42 Å². The SMILES string of the molecule is O=C(NCCc1cccnc1)c1c[nH]ccc1=O. The fourth-order valence-electron chi connectivity index (χ4n) is 1.56. The van der Waals surface area contributed by atoms with Gasteiger partial charge in [-0.15, -0.1) is 0 Å². The quantitative estimate of drug-likeness (QED) is 0.831. The lowest BCUT2D eigenvalue weighted by Crippen LogP contribution is -2.30. The molecule has 0 aliphatic heterocycles. The van der Waals surface area contributed by atoms with E-state index in [-0.39, 0.29) is 16.9 Å². The molecule has 92 valence electrons. The second-order valence-corrected chi connectivity index (χ2v) is 3.79. The van der Waals surface area contributed by atoms with Crippen LogP contribution in [0.15, 0.2) is 47.8 Å². The number of pyridine rings is 2. The van der Waals surface area contributed by atoms with Crippen LogP contribution in [0.1, 0.15) is 15.9 Å². The summed E-state index contributed by atoms with van der Waals surface area (Å²) in [6.45, 7) is 0.471. The van der Waals surface area contributed by atoms with Crippen molar-refractivity contribution in [1.82, 2.24) is 15.3 Å². The molecule has 0 saturated carbocycles. The Morgan fingerprint density at radius 1 is 1.39 bits per heavy atom. The van der Waals surface area contributed by atoms with Crippen molar-refractivity contribution in [3.05, 3.63) is 64.3 Å². The summed E-state index contributed by atoms with van der Waals surface area (Å²) < 4.78 is 0. The van der Waals surface area contributed by atoms with Crippen molar-refractivity contribution >= 4 is 5.91 Å². The van der Waals surface area contributed by atoms with Crippen molar-refractivity contribution < 1.29 is 4.79 Å². The molecule has 2 aromatic heterocycles. The van der Waals surface area contributed by atoms with Crippen molar-refractivity contribution in [2.24, 2.45) is 0 Å². The van der Waals surface area contributed by atoms with Gasteiger partial charge in [0.25, 0.3) is 5.91 Å². The fraction of sp³-hybridized carbons (Fsp3) is 0.154. The molecule has 5 heteroatoms. The van der Waals surface area contributed by atoms with E-state index in [1.807, 2.05) is 12.1 Å². The maximum Gasteiger partial charge on any atom is 0.256 e. The van der Waals surface area contributed by atoms with Gasteiger partial charge in [0.05, 0.1) is 0 Å². The van der Waals surface area contributed by atoms with E-state index in [2.05, 4.69) is 15.3 Å². The van der Waals surface area contributed by atoms with Crippen LogP contribution in [0.2, 0.25) is 0 Å². The average Bonchev–Trinajstić information content (AvgIpc) is 2.40. The third kappa shape index (κ3) is 3.04. The van der Waals surface area contributed by atoms with Crippen molar-refractivity contribution in [3.8, 4) is 0 Å². The molecule has 2 aromatic rings. The van der Waals surface area contributed by atoms with Crippen molar-refractivity contribution in [2.75, 3.05) is 6.54 Å². The molecular weight excluding hydrogens is 230 g/mol. The molecule has 18 heavy (non-hydrogen) atoms. The molecule has 0 spiro atoms. The molecule has 2 rings (SSSR count). The predicted molar refractivity (Wildman–Crippen MR) is 67.3 cm³/mol. The van der Waals surface area contributed by atoms with E-state index in [0.29, 0.717) is 13.0 Å². The molecule has 2 heterocycles. The molecule has 0 unspecified atom stereocenters. The lowest BCUT2D eigenvalue weighted by Gasteiger charge is -2.04. The molecule has 0 bridgehead atoms. The molecule has 0 aromatic carbocycles. The van der Waals surface area contributed by atoms with E-state index in [0.717, 1.165) is 5.56 Å². The average molecular weight is 243 g/mol. The van der Waals surface area contributed by atoms with Crippen LogP contribution in [0.4, 0.5) is 0 Å². The van der Waals surface area contributed by atoms with Gasteiger partial charge in [0.15, 0.2) is 5.43 Å². The van der Waals surface area contributed by atoms with Gasteiger partial charge in [-0.1, -0.05) is 6.07 Å². The predicted octanol–water partition coefficient (Wildman–Crippen LogP) is 0.742. The number of hydrogen-bond donors (Lipinski definition) is 2. The summed E-state index contributed by atoms with van der Waals surface area (Å²) in [4.78, 5) is 29.8. The van der Waals surface area contributed by atoms with Crippen LogP contribution >= 0.6 is 0 Å². The second kappa shape index (κ2) is 5.77. The van der Waals surface area contributed by atoms with Crippen LogP contribution in [0.5, 0.6) is 0 Å². The summed E-state index contributed by atoms with van der Waals surface area (Å²) in [5.74, 6) is -0.360. The summed E-state index contributed by atoms with van der Waals surface area (Å²) in [6, 6.07) is 5.11. The third-order valence-corrected chi connectivity index (χ3v) is 2.49. The number of aromatic nitrogens is 2. The Labute approximate surface area is 104 Å². The van der Waals surface area contributed by atoms with Crippen LogP contribution < -0.4 is 10.7 Å². The molecule has 0 aliphatic rings. The van der Waals surface area contributed by atoms with Gasteiger partial charge >= 0.3 is 0 Å². The number of nitrogens with one attached hydrogen (secondary N) is 2. The first kappa shape index (κ1) is 12.0. The molecule has 0 radical (unpaired) electrons. The fourth-order valence-corrected chi connectivity index (χ4v) is 1.56. The Bertz CT molecular complexity index is 578. The smallest absolute Gasteiger partial charge is 0.256 e. The Morgan fingerprint density at radius 2 is 2.28 bits per heavy atom. The summed E-state index contributed by atoms with van der Waals surface area (Å²) in [7, 11) is 0. The summed E-state index contributed by atoms with van der Waals surface area (Å²) in [5.41, 5.74) is 0.885. The zero-order chi connectivity index (χ0) is 12.8. The highest BCUT2D eigenvalue weighted by Gasteiger charge is 2.08. The van der Waals surface area contributed by atoms with E-state index in [1.54, 1.807) is 12.4 Å². The van der Waals surface area contributed by atoms with Crippen LogP contribution in [-0.2, 0) is 6.42 Å². The van der Waals surface area contributed by atoms with Crippen LogP contribution in [-0.4, -0.2) is 22.4 Å². The lowest BCUT2D eigenvalue weighted by molar-refractivity contribution is 0.0952. The molecule has 1 amide bonds. The third-order valence-electron chi connectivity index (χ3n) is 2.49. The first-order valence-corrected chi connectivity index (χ1v) is 5.61. The minimum Gasteiger partial charge on any atom is -0.367 e. The first-order valence-electron chi connectivity index (χ1n) is 5.61. The second-order valence-electron chi connectivity index (χ2n) is 3.79. The Hall–Kier alpha value is -2.43. The maximum atomic E-state index is 11.7. The van der Waals surface area contributed by atoms with Gasteiger partial charge in [-0.2, -0.15) is 0 Å². The van der Waals surface area contributed by atoms with E-state index in [1.165, 1.54) is 18.5 Å². The minimum atomic E-state index is -0.360. The number of aromatic amines is 1. The molecule has 0 saturated heterocycles. The zero-order valence-electron chi connectivity index (χ0n) is 9.72. The molecule has 5 nitrogen and oxygen atoms in total. The van der Waals surface area contributed by atoms with E-state index in [4.69, 9.17) is 0 Å². The van der Waals surface area contributed by atoms with Gasteiger partial charge in [0.2, 0.25) is 0 Å². The number of carbonyl (C=O) groups is 1. The Balaban J connectivity index is 1.90. The van der Waals surface area contributed by atoms with Gasteiger partial charge in [-0.25, -0.2) is 0 Å². The van der Waals surface area contributed by atoms with E-state index in [9.17, 15) is 9.59 Å². The minimum absolute atomic E-state index is 0.128. The highest BCUT2D eigenvalue weighted by atomic mass is 16.2. The largest absolute Gasteiger partial charge is 0.367 e. The molecule has 0 aliphatic carbocycles. The molecule has 0 atom stereocenters. The highest BCUT2D eigenvalue weighted by Crippen LogP contribution is 1.96. The normalized spacial score (nSPS) is 10.0. The monoisotopic (exact) mass is 243 g/mol. The molecular formula is C13H13N3O2. The summed E-state index contributed by atoms with van der Waals surface area (Å²) in [5, 5.41) is 2.70. The number of nitrogens with zero attached hydrogens (tertiary/aromatic N) is 1. The topological polar surface area (TPSA) is 74.8 Å². The Kier molecular flexibility index (Phi) is 3.86. The van der Waals surface area contributed by atoms with Crippen LogP contribution in [0.25, 0.3) is 0 Å². The number of carbonyl (C=O) groups excluding carboxylic acids is 1. The number of rotatable bonds is 4. The standard InChI is InChI=1S/C13H13N3O2/c17-12-4-6-15-9-11(12)13(18)16-7-3-10-2-1-5-14-8-10/h1-2,4-6,8-9H,3,7H2,(H,15,17)(H,16,18). The van der Waals surface area contributed by atoms with Crippen molar-refractivity contribution in [1.29, 1.82) is 0 Å².